The van der Waals surface area contributed by atoms with Crippen LogP contribution in [0.1, 0.15) is 12.8 Å². The van der Waals surface area contributed by atoms with Crippen LogP contribution in [0.3, 0.4) is 0 Å². The number of carbonyl (C=O) groups is 1. The second-order valence-corrected chi connectivity index (χ2v) is 4.52. The lowest BCUT2D eigenvalue weighted by molar-refractivity contribution is -0.754. The lowest BCUT2D eigenvalue weighted by atomic mass is 10.2. The summed E-state index contributed by atoms with van der Waals surface area (Å²) in [5.41, 5.74) is 6.53. The summed E-state index contributed by atoms with van der Waals surface area (Å²) in [7, 11) is 1.34. The van der Waals surface area contributed by atoms with E-state index in [2.05, 4.69) is 19.8 Å². The number of nitrogens with zero attached hydrogens (tertiary/aromatic N) is 4. The van der Waals surface area contributed by atoms with E-state index in [0.717, 1.165) is 12.0 Å². The van der Waals surface area contributed by atoms with Crippen LogP contribution in [-0.4, -0.2) is 34.2 Å². The first-order valence-electron chi connectivity index (χ1n) is 6.67. The molecule has 1 unspecified atom stereocenters. The molecule has 1 atom stereocenters. The first-order valence-corrected chi connectivity index (χ1v) is 6.67. The van der Waals surface area contributed by atoms with Gasteiger partial charge in [-0.3, -0.25) is 4.79 Å². The van der Waals surface area contributed by atoms with E-state index in [-0.39, 0.29) is 5.97 Å². The van der Waals surface area contributed by atoms with Gasteiger partial charge in [0.2, 0.25) is 0 Å². The normalized spacial score (nSPS) is 11.9. The van der Waals surface area contributed by atoms with Gasteiger partial charge in [-0.2, -0.15) is 0 Å². The van der Waals surface area contributed by atoms with Crippen LogP contribution in [0.15, 0.2) is 36.9 Å². The van der Waals surface area contributed by atoms with Gasteiger partial charge in [-0.05, 0) is 17.6 Å². The molecule has 7 nitrogen and oxygen atoms in total. The van der Waals surface area contributed by atoms with Crippen molar-refractivity contribution in [2.75, 3.05) is 7.11 Å². The maximum atomic E-state index is 11.2. The van der Waals surface area contributed by atoms with Crippen LogP contribution in [0.5, 0.6) is 0 Å². The van der Waals surface area contributed by atoms with Crippen molar-refractivity contribution in [3.8, 4) is 11.4 Å². The van der Waals surface area contributed by atoms with Crippen LogP contribution in [-0.2, 0) is 16.1 Å². The van der Waals surface area contributed by atoms with Crippen molar-refractivity contribution in [3.05, 3.63) is 36.9 Å². The summed E-state index contributed by atoms with van der Waals surface area (Å²) in [6.45, 7) is 0.681. The molecule has 0 amide bonds. The summed E-state index contributed by atoms with van der Waals surface area (Å²) in [5.74, 6) is 0.259. The summed E-state index contributed by atoms with van der Waals surface area (Å²) < 4.78 is 6.37. The van der Waals surface area contributed by atoms with Gasteiger partial charge in [0.1, 0.15) is 12.2 Å². The number of ether oxygens (including phenoxy) is 1. The Morgan fingerprint density at radius 1 is 1.43 bits per heavy atom. The quantitative estimate of drug-likeness (QED) is 0.598. The zero-order chi connectivity index (χ0) is 15.1. The molecule has 0 aliphatic heterocycles. The second kappa shape index (κ2) is 7.39. The number of nitrogens with two attached hydrogens (primary N) is 1. The van der Waals surface area contributed by atoms with E-state index in [9.17, 15) is 4.79 Å². The molecular formula is C14H18N5O2+. The fourth-order valence-corrected chi connectivity index (χ4v) is 1.84. The van der Waals surface area contributed by atoms with E-state index >= 15 is 0 Å². The fourth-order valence-electron chi connectivity index (χ4n) is 1.84. The van der Waals surface area contributed by atoms with E-state index in [4.69, 9.17) is 5.73 Å². The average molecular weight is 288 g/mol. The SMILES string of the molecule is COC(=O)C(N)CCC[n+]1ccc(-c2ncccn2)cn1. The van der Waals surface area contributed by atoms with E-state index in [1.807, 2.05) is 12.3 Å². The zero-order valence-corrected chi connectivity index (χ0v) is 11.8. The molecule has 0 radical (unpaired) electrons. The van der Waals surface area contributed by atoms with Crippen LogP contribution in [0.2, 0.25) is 0 Å². The Balaban J connectivity index is 1.87. The van der Waals surface area contributed by atoms with Crippen molar-refractivity contribution in [1.29, 1.82) is 0 Å². The number of methoxy groups -OCH3 is 1. The van der Waals surface area contributed by atoms with Crippen molar-refractivity contribution < 1.29 is 14.2 Å². The maximum absolute atomic E-state index is 11.2. The number of esters is 1. The molecule has 0 aliphatic rings. The first kappa shape index (κ1) is 15.0. The predicted octanol–water partition coefficient (Wildman–Crippen LogP) is 0.107. The van der Waals surface area contributed by atoms with Crippen LogP contribution < -0.4 is 10.4 Å². The number of aryl methyl sites for hydroxylation is 1. The van der Waals surface area contributed by atoms with Crippen LogP contribution in [0, 0.1) is 0 Å². The molecule has 0 fully saturated rings. The monoisotopic (exact) mass is 288 g/mol. The number of hydrogen-bond donors (Lipinski definition) is 1. The predicted molar refractivity (Wildman–Crippen MR) is 74.7 cm³/mol. The highest BCUT2D eigenvalue weighted by Crippen LogP contribution is 2.09. The Bertz CT molecular complexity index is 574. The molecule has 2 N–H and O–H groups in total. The van der Waals surface area contributed by atoms with Gasteiger partial charge in [0, 0.05) is 30.4 Å². The third-order valence-corrected chi connectivity index (χ3v) is 3.00. The summed E-state index contributed by atoms with van der Waals surface area (Å²) in [6, 6.07) is 3.10. The van der Waals surface area contributed by atoms with E-state index < -0.39 is 6.04 Å². The van der Waals surface area contributed by atoms with Crippen molar-refractivity contribution in [3.63, 3.8) is 0 Å². The molecule has 21 heavy (non-hydrogen) atoms. The van der Waals surface area contributed by atoms with Crippen molar-refractivity contribution in [1.82, 2.24) is 15.1 Å². The van der Waals surface area contributed by atoms with Crippen molar-refractivity contribution >= 4 is 5.97 Å². The van der Waals surface area contributed by atoms with E-state index in [1.54, 1.807) is 29.3 Å². The Morgan fingerprint density at radius 3 is 2.81 bits per heavy atom. The second-order valence-electron chi connectivity index (χ2n) is 4.52. The average Bonchev–Trinajstić information content (AvgIpc) is 2.55. The van der Waals surface area contributed by atoms with Gasteiger partial charge < -0.3 is 10.5 Å². The van der Waals surface area contributed by atoms with E-state index in [1.165, 1.54) is 7.11 Å². The largest absolute Gasteiger partial charge is 0.468 e. The highest BCUT2D eigenvalue weighted by Gasteiger charge is 2.14. The van der Waals surface area contributed by atoms with Crippen LogP contribution >= 0.6 is 0 Å². The number of aromatic nitrogens is 4. The molecule has 0 aromatic carbocycles. The smallest absolute Gasteiger partial charge is 0.322 e. The molecule has 2 heterocycles. The van der Waals surface area contributed by atoms with Gasteiger partial charge >= 0.3 is 5.97 Å². The molecule has 7 heteroatoms. The first-order chi connectivity index (χ1) is 10.2. The molecule has 0 spiro atoms. The van der Waals surface area contributed by atoms with E-state index in [0.29, 0.717) is 18.8 Å². The highest BCUT2D eigenvalue weighted by atomic mass is 16.5. The molecular weight excluding hydrogens is 270 g/mol. The van der Waals surface area contributed by atoms with Crippen LogP contribution in [0.25, 0.3) is 11.4 Å². The number of rotatable bonds is 6. The minimum absolute atomic E-state index is 0.385. The zero-order valence-electron chi connectivity index (χ0n) is 11.8. The number of carbonyl (C=O) groups excluding carboxylic acids is 1. The highest BCUT2D eigenvalue weighted by molar-refractivity contribution is 5.75. The molecule has 2 rings (SSSR count). The van der Waals surface area contributed by atoms with Gasteiger partial charge in [-0.1, -0.05) is 4.68 Å². The Labute approximate surface area is 122 Å². The molecule has 0 saturated carbocycles. The Hall–Kier alpha value is -2.41. The van der Waals surface area contributed by atoms with Gasteiger partial charge in [0.05, 0.1) is 7.11 Å². The molecule has 0 aliphatic carbocycles. The fraction of sp³-hybridized carbons (Fsp3) is 0.357. The van der Waals surface area contributed by atoms with Gasteiger partial charge in [0.15, 0.2) is 18.6 Å². The van der Waals surface area contributed by atoms with Gasteiger partial charge in [-0.15, -0.1) is 0 Å². The Morgan fingerprint density at radius 2 is 2.19 bits per heavy atom. The lowest BCUT2D eigenvalue weighted by Gasteiger charge is -2.06. The summed E-state index contributed by atoms with van der Waals surface area (Å²) in [5, 5.41) is 4.30. The molecule has 0 bridgehead atoms. The standard InChI is InChI=1S/C14H18N5O2/c1-21-14(20)12(15)4-2-8-19-9-5-11(10-18-19)13-16-6-3-7-17-13/h3,5-7,9-10,12H,2,4,8,15H2,1H3/q+1. The van der Waals surface area contributed by atoms with Crippen LogP contribution in [0.4, 0.5) is 0 Å². The number of hydrogen-bond acceptors (Lipinski definition) is 6. The Kier molecular flexibility index (Phi) is 5.28. The third-order valence-electron chi connectivity index (χ3n) is 3.00. The summed E-state index contributed by atoms with van der Waals surface area (Å²) in [4.78, 5) is 19.5. The third kappa shape index (κ3) is 4.28. The summed E-state index contributed by atoms with van der Waals surface area (Å²) >= 11 is 0. The van der Waals surface area contributed by atoms with Crippen molar-refractivity contribution in [2.45, 2.75) is 25.4 Å². The molecule has 0 saturated heterocycles. The van der Waals surface area contributed by atoms with Gasteiger partial charge in [-0.25, -0.2) is 9.97 Å². The molecule has 2 aromatic rings. The minimum atomic E-state index is -0.576. The lowest BCUT2D eigenvalue weighted by Crippen LogP contribution is -2.39. The molecule has 110 valence electrons. The minimum Gasteiger partial charge on any atom is -0.468 e. The summed E-state index contributed by atoms with van der Waals surface area (Å²) in [6.07, 6.45) is 8.26. The van der Waals surface area contributed by atoms with Crippen molar-refractivity contribution in [2.24, 2.45) is 5.73 Å². The maximum Gasteiger partial charge on any atom is 0.322 e. The van der Waals surface area contributed by atoms with Gasteiger partial charge in [0.25, 0.3) is 0 Å². The topological polar surface area (TPSA) is 94.9 Å². The molecule has 2 aromatic heterocycles.